The van der Waals surface area contributed by atoms with E-state index in [2.05, 4.69) is 43.2 Å². The summed E-state index contributed by atoms with van der Waals surface area (Å²) in [5.74, 6) is 0. The smallest absolute Gasteiger partial charge is 0.0590 e. The minimum absolute atomic E-state index is 0.0943. The van der Waals surface area contributed by atoms with Crippen LogP contribution in [0.1, 0.15) is 44.9 Å². The molecule has 0 aliphatic carbocycles. The molecule has 1 fully saturated rings. The molecular formula is C16H28N2OS. The van der Waals surface area contributed by atoms with Crippen molar-refractivity contribution in [3.8, 4) is 0 Å². The van der Waals surface area contributed by atoms with Crippen molar-refractivity contribution < 1.29 is 4.74 Å². The van der Waals surface area contributed by atoms with E-state index in [1.165, 1.54) is 4.88 Å². The van der Waals surface area contributed by atoms with Gasteiger partial charge in [-0.1, -0.05) is 13.0 Å². The minimum atomic E-state index is 0.0943. The Balaban J connectivity index is 2.19. The van der Waals surface area contributed by atoms with Crippen LogP contribution in [-0.2, 0) is 11.3 Å². The molecule has 0 radical (unpaired) electrons. The molecule has 0 saturated carbocycles. The molecule has 2 unspecified atom stereocenters. The molecule has 0 aromatic carbocycles. The molecule has 1 saturated heterocycles. The normalized spacial score (nSPS) is 27.4. The second-order valence-corrected chi connectivity index (χ2v) is 7.12. The monoisotopic (exact) mass is 296 g/mol. The molecule has 4 heteroatoms. The number of rotatable bonds is 6. The van der Waals surface area contributed by atoms with Crippen molar-refractivity contribution >= 4 is 11.3 Å². The van der Waals surface area contributed by atoms with Gasteiger partial charge in [0.1, 0.15) is 0 Å². The number of hydrogen-bond acceptors (Lipinski definition) is 4. The summed E-state index contributed by atoms with van der Waals surface area (Å²) in [5, 5.41) is 2.15. The van der Waals surface area contributed by atoms with Crippen LogP contribution in [0.3, 0.4) is 0 Å². The standard InChI is InChI=1S/C16H28N2OS/c1-4-14-10-16(12-17,7-8-19-14)18(13(2)3)11-15-6-5-9-20-15/h5-6,9,13-14H,4,7-8,10-12,17H2,1-3H3. The molecule has 1 aliphatic rings. The third-order valence-corrected chi connectivity index (χ3v) is 5.36. The highest BCUT2D eigenvalue weighted by Crippen LogP contribution is 2.34. The van der Waals surface area contributed by atoms with E-state index in [1.807, 2.05) is 11.3 Å². The Morgan fingerprint density at radius 1 is 1.55 bits per heavy atom. The van der Waals surface area contributed by atoms with Gasteiger partial charge in [-0.15, -0.1) is 11.3 Å². The summed E-state index contributed by atoms with van der Waals surface area (Å²) in [7, 11) is 0. The van der Waals surface area contributed by atoms with E-state index in [0.29, 0.717) is 12.1 Å². The zero-order valence-corrected chi connectivity index (χ0v) is 13.8. The van der Waals surface area contributed by atoms with Gasteiger partial charge in [-0.05, 0) is 44.6 Å². The van der Waals surface area contributed by atoms with Crippen molar-refractivity contribution in [2.45, 2.75) is 64.3 Å². The zero-order valence-electron chi connectivity index (χ0n) is 13.0. The molecule has 114 valence electrons. The van der Waals surface area contributed by atoms with E-state index < -0.39 is 0 Å². The summed E-state index contributed by atoms with van der Waals surface area (Å²) in [5.41, 5.74) is 6.32. The van der Waals surface area contributed by atoms with Crippen molar-refractivity contribution in [3.05, 3.63) is 22.4 Å². The highest BCUT2D eigenvalue weighted by Gasteiger charge is 2.41. The molecule has 20 heavy (non-hydrogen) atoms. The van der Waals surface area contributed by atoms with E-state index in [-0.39, 0.29) is 5.54 Å². The topological polar surface area (TPSA) is 38.5 Å². The minimum Gasteiger partial charge on any atom is -0.378 e. The van der Waals surface area contributed by atoms with E-state index in [0.717, 1.165) is 39.0 Å². The fourth-order valence-corrected chi connectivity index (χ4v) is 4.00. The average molecular weight is 296 g/mol. The lowest BCUT2D eigenvalue weighted by atomic mass is 9.83. The lowest BCUT2D eigenvalue weighted by Gasteiger charge is -2.50. The molecule has 0 spiro atoms. The Kier molecular flexibility index (Phi) is 5.61. The van der Waals surface area contributed by atoms with Crippen LogP contribution in [-0.4, -0.2) is 35.7 Å². The number of thiophene rings is 1. The Morgan fingerprint density at radius 2 is 2.35 bits per heavy atom. The van der Waals surface area contributed by atoms with Crippen molar-refractivity contribution in [1.82, 2.24) is 4.90 Å². The van der Waals surface area contributed by atoms with Gasteiger partial charge < -0.3 is 10.5 Å². The fraction of sp³-hybridized carbons (Fsp3) is 0.750. The largest absolute Gasteiger partial charge is 0.378 e. The second-order valence-electron chi connectivity index (χ2n) is 6.08. The van der Waals surface area contributed by atoms with Crippen molar-refractivity contribution in [1.29, 1.82) is 0 Å². The summed E-state index contributed by atoms with van der Waals surface area (Å²) < 4.78 is 5.87. The lowest BCUT2D eigenvalue weighted by molar-refractivity contribution is -0.0838. The molecule has 0 amide bonds. The van der Waals surface area contributed by atoms with Gasteiger partial charge in [0.25, 0.3) is 0 Å². The van der Waals surface area contributed by atoms with Crippen molar-refractivity contribution in [2.24, 2.45) is 5.73 Å². The molecule has 2 heterocycles. The maximum Gasteiger partial charge on any atom is 0.0590 e. The molecule has 1 aromatic heterocycles. The Bertz CT molecular complexity index is 393. The van der Waals surface area contributed by atoms with Gasteiger partial charge in [0.15, 0.2) is 0 Å². The highest BCUT2D eigenvalue weighted by atomic mass is 32.1. The van der Waals surface area contributed by atoms with Crippen LogP contribution in [0.2, 0.25) is 0 Å². The molecule has 1 aromatic rings. The van der Waals surface area contributed by atoms with Crippen molar-refractivity contribution in [2.75, 3.05) is 13.2 Å². The van der Waals surface area contributed by atoms with Crippen LogP contribution in [0.25, 0.3) is 0 Å². The summed E-state index contributed by atoms with van der Waals surface area (Å²) in [4.78, 5) is 4.02. The molecule has 2 atom stereocenters. The maximum atomic E-state index is 6.23. The second kappa shape index (κ2) is 7.03. The predicted molar refractivity (Wildman–Crippen MR) is 86.0 cm³/mol. The quantitative estimate of drug-likeness (QED) is 0.876. The summed E-state index contributed by atoms with van der Waals surface area (Å²) >= 11 is 1.83. The Morgan fingerprint density at radius 3 is 2.90 bits per heavy atom. The number of ether oxygens (including phenoxy) is 1. The van der Waals surface area contributed by atoms with E-state index in [9.17, 15) is 0 Å². The first kappa shape index (κ1) is 16.0. The van der Waals surface area contributed by atoms with Crippen LogP contribution in [0.5, 0.6) is 0 Å². The molecule has 2 N–H and O–H groups in total. The number of hydrogen-bond donors (Lipinski definition) is 1. The number of nitrogens with two attached hydrogens (primary N) is 1. The fourth-order valence-electron chi connectivity index (χ4n) is 3.29. The van der Waals surface area contributed by atoms with Gasteiger partial charge in [0.05, 0.1) is 6.10 Å². The van der Waals surface area contributed by atoms with Gasteiger partial charge in [0.2, 0.25) is 0 Å². The van der Waals surface area contributed by atoms with E-state index >= 15 is 0 Å². The zero-order chi connectivity index (χ0) is 14.6. The third-order valence-electron chi connectivity index (χ3n) is 4.50. The first-order chi connectivity index (χ1) is 9.61. The SMILES string of the molecule is CCC1CC(CN)(N(Cc2cccs2)C(C)C)CCO1. The first-order valence-corrected chi connectivity index (χ1v) is 8.60. The predicted octanol–water partition coefficient (Wildman–Crippen LogP) is 3.25. The van der Waals surface area contributed by atoms with E-state index in [1.54, 1.807) is 0 Å². The molecule has 1 aliphatic heterocycles. The molecular weight excluding hydrogens is 268 g/mol. The van der Waals surface area contributed by atoms with Crippen LogP contribution in [0.15, 0.2) is 17.5 Å². The maximum absolute atomic E-state index is 6.23. The Labute approximate surface area is 127 Å². The van der Waals surface area contributed by atoms with Crippen molar-refractivity contribution in [3.63, 3.8) is 0 Å². The summed E-state index contributed by atoms with van der Waals surface area (Å²) in [6.45, 7) is 9.32. The average Bonchev–Trinajstić information content (AvgIpc) is 2.97. The van der Waals surface area contributed by atoms with Crippen LogP contribution >= 0.6 is 11.3 Å². The molecule has 0 bridgehead atoms. The van der Waals surface area contributed by atoms with Gasteiger partial charge in [-0.2, -0.15) is 0 Å². The Hall–Kier alpha value is -0.420. The molecule has 3 nitrogen and oxygen atoms in total. The highest BCUT2D eigenvalue weighted by molar-refractivity contribution is 7.09. The van der Waals surface area contributed by atoms with Crippen LogP contribution in [0, 0.1) is 0 Å². The van der Waals surface area contributed by atoms with Crippen LogP contribution in [0.4, 0.5) is 0 Å². The lowest BCUT2D eigenvalue weighted by Crippen LogP contribution is -2.60. The first-order valence-electron chi connectivity index (χ1n) is 7.72. The van der Waals surface area contributed by atoms with E-state index in [4.69, 9.17) is 10.5 Å². The summed E-state index contributed by atoms with van der Waals surface area (Å²) in [6.07, 6.45) is 3.54. The van der Waals surface area contributed by atoms with Gasteiger partial charge in [-0.3, -0.25) is 4.90 Å². The van der Waals surface area contributed by atoms with Gasteiger partial charge in [0, 0.05) is 36.2 Å². The van der Waals surface area contributed by atoms with Gasteiger partial charge in [-0.25, -0.2) is 0 Å². The number of nitrogens with zero attached hydrogens (tertiary/aromatic N) is 1. The van der Waals surface area contributed by atoms with Gasteiger partial charge >= 0.3 is 0 Å². The van der Waals surface area contributed by atoms with Crippen LogP contribution < -0.4 is 5.73 Å². The third kappa shape index (κ3) is 3.42. The molecule has 2 rings (SSSR count). The summed E-state index contributed by atoms with van der Waals surface area (Å²) in [6, 6.07) is 4.85.